The number of fused-ring (bicyclic) bond motifs is 1. The third-order valence-corrected chi connectivity index (χ3v) is 7.05. The smallest absolute Gasteiger partial charge is 0.264 e. The molecule has 168 valence electrons. The largest absolute Gasteiger partial charge is 0.481 e. The SMILES string of the molecule is CN(c1ccccc1)S(=O)(=O)c1cccc(NC(=O)COc2ccc(Cl)c3cccnc23)c1. The summed E-state index contributed by atoms with van der Waals surface area (Å²) >= 11 is 6.18. The van der Waals surface area contributed by atoms with Gasteiger partial charge in [0.15, 0.2) is 6.61 Å². The van der Waals surface area contributed by atoms with Crippen LogP contribution in [0.15, 0.2) is 90.0 Å². The minimum Gasteiger partial charge on any atom is -0.481 e. The third kappa shape index (κ3) is 4.92. The zero-order valence-corrected chi connectivity index (χ0v) is 19.2. The fraction of sp³-hybridized carbons (Fsp3) is 0.0833. The van der Waals surface area contributed by atoms with Crippen molar-refractivity contribution in [1.29, 1.82) is 0 Å². The number of nitrogens with zero attached hydrogens (tertiary/aromatic N) is 2. The van der Waals surface area contributed by atoms with Crippen LogP contribution < -0.4 is 14.4 Å². The molecule has 0 atom stereocenters. The number of aromatic nitrogens is 1. The predicted octanol–water partition coefficient (Wildman–Crippen LogP) is 4.73. The first-order chi connectivity index (χ1) is 15.9. The van der Waals surface area contributed by atoms with Crippen molar-refractivity contribution < 1.29 is 17.9 Å². The quantitative estimate of drug-likeness (QED) is 0.412. The molecule has 0 bridgehead atoms. The second-order valence-corrected chi connectivity index (χ2v) is 9.49. The van der Waals surface area contributed by atoms with E-state index < -0.39 is 15.9 Å². The number of para-hydroxylation sites is 1. The number of rotatable bonds is 7. The first-order valence-electron chi connectivity index (χ1n) is 9.96. The van der Waals surface area contributed by atoms with Gasteiger partial charge in [-0.2, -0.15) is 0 Å². The summed E-state index contributed by atoms with van der Waals surface area (Å²) in [5.41, 5.74) is 1.42. The van der Waals surface area contributed by atoms with Gasteiger partial charge in [0.05, 0.1) is 15.6 Å². The average molecular weight is 482 g/mol. The Hall–Kier alpha value is -3.62. The molecule has 0 unspecified atom stereocenters. The van der Waals surface area contributed by atoms with Crippen molar-refractivity contribution in [3.8, 4) is 5.75 Å². The van der Waals surface area contributed by atoms with Gasteiger partial charge in [-0.3, -0.25) is 14.1 Å². The number of sulfonamides is 1. The van der Waals surface area contributed by atoms with E-state index in [1.807, 2.05) is 12.1 Å². The molecule has 4 aromatic rings. The number of nitrogens with one attached hydrogen (secondary N) is 1. The zero-order valence-electron chi connectivity index (χ0n) is 17.6. The van der Waals surface area contributed by atoms with Crippen molar-refractivity contribution in [3.63, 3.8) is 0 Å². The normalized spacial score (nSPS) is 11.2. The maximum Gasteiger partial charge on any atom is 0.264 e. The first-order valence-corrected chi connectivity index (χ1v) is 11.8. The molecule has 4 rings (SSSR count). The highest BCUT2D eigenvalue weighted by Crippen LogP contribution is 2.29. The number of hydrogen-bond donors (Lipinski definition) is 1. The fourth-order valence-corrected chi connectivity index (χ4v) is 4.70. The molecule has 1 heterocycles. The Kier molecular flexibility index (Phi) is 6.48. The fourth-order valence-electron chi connectivity index (χ4n) is 3.24. The minimum atomic E-state index is -3.80. The van der Waals surface area contributed by atoms with Gasteiger partial charge in [-0.25, -0.2) is 8.42 Å². The van der Waals surface area contributed by atoms with Crippen molar-refractivity contribution >= 4 is 49.8 Å². The standard InChI is InChI=1S/C24H20ClN3O4S/c1-28(18-8-3-2-4-9-18)33(30,31)19-10-5-7-17(15-19)27-23(29)16-32-22-13-12-21(25)20-11-6-14-26-24(20)22/h2-15H,16H2,1H3,(H,27,29). The van der Waals surface area contributed by atoms with Crippen molar-refractivity contribution in [2.45, 2.75) is 4.90 Å². The average Bonchev–Trinajstić information content (AvgIpc) is 2.84. The van der Waals surface area contributed by atoms with E-state index in [0.717, 1.165) is 5.39 Å². The van der Waals surface area contributed by atoms with E-state index in [9.17, 15) is 13.2 Å². The molecule has 3 aromatic carbocycles. The maximum atomic E-state index is 13.0. The lowest BCUT2D eigenvalue weighted by atomic mass is 10.2. The van der Waals surface area contributed by atoms with Crippen LogP contribution in [0.4, 0.5) is 11.4 Å². The van der Waals surface area contributed by atoms with E-state index in [1.54, 1.807) is 60.8 Å². The topological polar surface area (TPSA) is 88.6 Å². The van der Waals surface area contributed by atoms with Crippen molar-refractivity contribution in [3.05, 3.63) is 90.1 Å². The van der Waals surface area contributed by atoms with Gasteiger partial charge in [-0.15, -0.1) is 0 Å². The Morgan fingerprint density at radius 1 is 1.03 bits per heavy atom. The van der Waals surface area contributed by atoms with E-state index >= 15 is 0 Å². The number of pyridine rings is 1. The molecule has 1 aromatic heterocycles. The molecular formula is C24H20ClN3O4S. The highest BCUT2D eigenvalue weighted by molar-refractivity contribution is 7.92. The van der Waals surface area contributed by atoms with Gasteiger partial charge >= 0.3 is 0 Å². The van der Waals surface area contributed by atoms with Crippen LogP contribution in [0.25, 0.3) is 10.9 Å². The molecule has 0 saturated carbocycles. The van der Waals surface area contributed by atoms with E-state index in [0.29, 0.717) is 27.7 Å². The maximum absolute atomic E-state index is 13.0. The third-order valence-electron chi connectivity index (χ3n) is 4.93. The summed E-state index contributed by atoms with van der Waals surface area (Å²) in [5, 5.41) is 3.92. The number of ether oxygens (including phenoxy) is 1. The molecule has 0 aliphatic heterocycles. The summed E-state index contributed by atoms with van der Waals surface area (Å²) < 4.78 is 32.8. The molecule has 0 radical (unpaired) electrons. The number of amides is 1. The van der Waals surface area contributed by atoms with Crippen LogP contribution in [0.2, 0.25) is 5.02 Å². The van der Waals surface area contributed by atoms with Crippen LogP contribution >= 0.6 is 11.6 Å². The van der Waals surface area contributed by atoms with Crippen molar-refractivity contribution in [2.24, 2.45) is 0 Å². The van der Waals surface area contributed by atoms with Gasteiger partial charge < -0.3 is 10.1 Å². The molecule has 1 amide bonds. The second kappa shape index (κ2) is 9.48. The van der Waals surface area contributed by atoms with Crippen LogP contribution in [-0.4, -0.2) is 33.0 Å². The van der Waals surface area contributed by atoms with Crippen LogP contribution in [0.3, 0.4) is 0 Å². The van der Waals surface area contributed by atoms with Crippen LogP contribution in [-0.2, 0) is 14.8 Å². The summed E-state index contributed by atoms with van der Waals surface area (Å²) in [4.78, 5) is 16.8. The monoisotopic (exact) mass is 481 g/mol. The highest BCUT2D eigenvalue weighted by Gasteiger charge is 2.21. The Bertz CT molecular complexity index is 1410. The number of anilines is 2. The van der Waals surface area contributed by atoms with Gasteiger partial charge in [-0.1, -0.05) is 35.9 Å². The van der Waals surface area contributed by atoms with E-state index in [4.69, 9.17) is 16.3 Å². The van der Waals surface area contributed by atoms with Gasteiger partial charge in [0.2, 0.25) is 0 Å². The zero-order chi connectivity index (χ0) is 23.4. The summed E-state index contributed by atoms with van der Waals surface area (Å²) in [6, 6.07) is 21.7. The van der Waals surface area contributed by atoms with Gasteiger partial charge in [0.25, 0.3) is 15.9 Å². The number of halogens is 1. The lowest BCUT2D eigenvalue weighted by molar-refractivity contribution is -0.118. The molecule has 33 heavy (non-hydrogen) atoms. The molecule has 0 aliphatic rings. The van der Waals surface area contributed by atoms with Gasteiger partial charge in [-0.05, 0) is 54.6 Å². The number of benzene rings is 3. The van der Waals surface area contributed by atoms with Crippen LogP contribution in [0, 0.1) is 0 Å². The van der Waals surface area contributed by atoms with Gasteiger partial charge in [0, 0.05) is 24.3 Å². The van der Waals surface area contributed by atoms with E-state index in [1.165, 1.54) is 23.5 Å². The molecule has 7 nitrogen and oxygen atoms in total. The highest BCUT2D eigenvalue weighted by atomic mass is 35.5. The minimum absolute atomic E-state index is 0.0560. The second-order valence-electron chi connectivity index (χ2n) is 7.12. The van der Waals surface area contributed by atoms with Crippen molar-refractivity contribution in [2.75, 3.05) is 23.3 Å². The lowest BCUT2D eigenvalue weighted by Crippen LogP contribution is -2.26. The number of hydrogen-bond acceptors (Lipinski definition) is 5. The molecule has 0 spiro atoms. The molecule has 1 N–H and O–H groups in total. The Morgan fingerprint density at radius 2 is 1.82 bits per heavy atom. The number of carbonyl (C=O) groups excluding carboxylic acids is 1. The number of carbonyl (C=O) groups is 1. The van der Waals surface area contributed by atoms with Crippen molar-refractivity contribution in [1.82, 2.24) is 4.98 Å². The summed E-state index contributed by atoms with van der Waals surface area (Å²) in [7, 11) is -2.32. The Balaban J connectivity index is 1.47. The molecule has 0 fully saturated rings. The Morgan fingerprint density at radius 3 is 2.61 bits per heavy atom. The summed E-state index contributed by atoms with van der Waals surface area (Å²) in [6.07, 6.45) is 1.62. The van der Waals surface area contributed by atoms with Gasteiger partial charge in [0.1, 0.15) is 11.3 Å². The summed E-state index contributed by atoms with van der Waals surface area (Å²) in [5.74, 6) is -0.0223. The molecular weight excluding hydrogens is 462 g/mol. The predicted molar refractivity (Wildman–Crippen MR) is 129 cm³/mol. The van der Waals surface area contributed by atoms with Crippen LogP contribution in [0.5, 0.6) is 5.75 Å². The Labute approximate surface area is 196 Å². The molecule has 0 saturated heterocycles. The first kappa shape index (κ1) is 22.6. The summed E-state index contributed by atoms with van der Waals surface area (Å²) in [6.45, 7) is -0.284. The molecule has 0 aliphatic carbocycles. The van der Waals surface area contributed by atoms with E-state index in [-0.39, 0.29) is 11.5 Å². The molecule has 9 heteroatoms. The van der Waals surface area contributed by atoms with E-state index in [2.05, 4.69) is 10.3 Å². The lowest BCUT2D eigenvalue weighted by Gasteiger charge is -2.20. The van der Waals surface area contributed by atoms with Crippen LogP contribution in [0.1, 0.15) is 0 Å².